The van der Waals surface area contributed by atoms with Gasteiger partial charge in [0.2, 0.25) is 0 Å². The Morgan fingerprint density at radius 3 is 2.13 bits per heavy atom. The lowest BCUT2D eigenvalue weighted by Crippen LogP contribution is -2.34. The summed E-state index contributed by atoms with van der Waals surface area (Å²) >= 11 is 4.71. The number of phenols is 1. The Hall–Kier alpha value is -1.74. The summed E-state index contributed by atoms with van der Waals surface area (Å²) < 4.78 is 32.5. The molecular weight excluding hydrogens is 798 g/mol. The SMILES string of the molecule is Oc1c2cc(I)cc1Cc1cccc3c1OCCOCCOCCOCCOC1C(=CC=CC1C[C@@H]1C=C(I)C=C(C3)[C@@H]1O)C2. The first kappa shape index (κ1) is 33.2. The van der Waals surface area contributed by atoms with Gasteiger partial charge in [0.05, 0.1) is 58.5 Å². The van der Waals surface area contributed by atoms with Gasteiger partial charge in [0, 0.05) is 25.4 Å². The van der Waals surface area contributed by atoms with Crippen molar-refractivity contribution in [3.63, 3.8) is 0 Å². The highest BCUT2D eigenvalue weighted by Gasteiger charge is 2.34. The van der Waals surface area contributed by atoms with Crippen molar-refractivity contribution in [2.24, 2.45) is 11.8 Å². The number of hydrogen-bond acceptors (Lipinski definition) is 7. The van der Waals surface area contributed by atoms with E-state index in [0.717, 1.165) is 52.7 Å². The second-order valence-electron chi connectivity index (χ2n) is 11.9. The molecule has 0 spiro atoms. The molecule has 7 nitrogen and oxygen atoms in total. The maximum Gasteiger partial charge on any atom is 0.126 e. The van der Waals surface area contributed by atoms with Crippen molar-refractivity contribution < 1.29 is 33.9 Å². The molecule has 0 saturated heterocycles. The van der Waals surface area contributed by atoms with E-state index < -0.39 is 6.10 Å². The molecule has 4 aliphatic rings. The minimum atomic E-state index is -0.626. The summed E-state index contributed by atoms with van der Waals surface area (Å²) in [5, 5.41) is 23.5. The number of hydrogen-bond donors (Lipinski definition) is 2. The zero-order chi connectivity index (χ0) is 31.2. The number of aliphatic hydroxyl groups excluding tert-OH is 1. The Kier molecular flexibility index (Phi) is 11.7. The molecule has 240 valence electrons. The van der Waals surface area contributed by atoms with Crippen LogP contribution in [-0.2, 0) is 38.2 Å². The minimum Gasteiger partial charge on any atom is -0.507 e. The van der Waals surface area contributed by atoms with Gasteiger partial charge < -0.3 is 33.9 Å². The number of aromatic hydroxyl groups is 1. The van der Waals surface area contributed by atoms with Crippen molar-refractivity contribution in [3.8, 4) is 11.5 Å². The zero-order valence-corrected chi connectivity index (χ0v) is 29.6. The number of aliphatic hydroxyl groups is 1. The van der Waals surface area contributed by atoms with Crippen molar-refractivity contribution in [1.82, 2.24) is 0 Å². The van der Waals surface area contributed by atoms with Crippen LogP contribution in [0.5, 0.6) is 11.5 Å². The van der Waals surface area contributed by atoms with Crippen LogP contribution in [0.4, 0.5) is 0 Å². The molecule has 9 heteroatoms. The zero-order valence-electron chi connectivity index (χ0n) is 25.3. The van der Waals surface area contributed by atoms with Gasteiger partial charge in [-0.2, -0.15) is 0 Å². The number of ether oxygens (including phenoxy) is 5. The first-order valence-electron chi connectivity index (χ1n) is 15.7. The number of halogens is 2. The first-order valence-corrected chi connectivity index (χ1v) is 17.8. The van der Waals surface area contributed by atoms with Crippen molar-refractivity contribution in [2.45, 2.75) is 37.9 Å². The topological polar surface area (TPSA) is 86.6 Å². The van der Waals surface area contributed by atoms with Crippen molar-refractivity contribution >= 4 is 45.2 Å². The van der Waals surface area contributed by atoms with E-state index in [2.05, 4.69) is 99.8 Å². The number of allylic oxidation sites excluding steroid dienone is 4. The molecule has 2 N–H and O–H groups in total. The third kappa shape index (κ3) is 8.41. The highest BCUT2D eigenvalue weighted by Crippen LogP contribution is 2.40. The molecule has 0 amide bonds. The van der Waals surface area contributed by atoms with Gasteiger partial charge in [0.1, 0.15) is 18.1 Å². The lowest BCUT2D eigenvalue weighted by molar-refractivity contribution is -0.0236. The fraction of sp³-hybridized carbons (Fsp3) is 0.444. The van der Waals surface area contributed by atoms with E-state index in [1.165, 1.54) is 0 Å². The molecule has 6 rings (SSSR count). The Morgan fingerprint density at radius 1 is 0.733 bits per heavy atom. The van der Waals surface area contributed by atoms with Crippen LogP contribution in [0.2, 0.25) is 0 Å². The molecule has 4 atom stereocenters. The fourth-order valence-electron chi connectivity index (χ4n) is 6.65. The molecule has 1 aliphatic heterocycles. The maximum atomic E-state index is 11.8. The molecule has 0 saturated carbocycles. The van der Waals surface area contributed by atoms with Gasteiger partial charge in [0.25, 0.3) is 0 Å². The molecule has 0 fully saturated rings. The molecule has 2 aromatic carbocycles. The number of rotatable bonds is 0. The predicted molar refractivity (Wildman–Crippen MR) is 190 cm³/mol. The normalized spacial score (nSPS) is 26.6. The second kappa shape index (κ2) is 15.9. The molecular formula is C36H40I2O7. The van der Waals surface area contributed by atoms with Crippen molar-refractivity contribution in [1.29, 1.82) is 0 Å². The molecule has 0 radical (unpaired) electrons. The average molecular weight is 839 g/mol. The lowest BCUT2D eigenvalue weighted by Gasteiger charge is -2.35. The van der Waals surface area contributed by atoms with Crippen molar-refractivity contribution in [2.75, 3.05) is 52.9 Å². The summed E-state index contributed by atoms with van der Waals surface area (Å²) in [6.45, 7) is 3.61. The standard InChI is InChI=1S/C36H40I2O7/c37-31-19-27-15-23-3-1-4-24-16-28-20-32(38)22-30(34(28)40)18-26-6-2-5-25(17-29(21-31)33(27)39)36(26)45-14-12-43-10-8-41-7-9-42-11-13-44-35(23)24/h1-6,19-23,27,33,35,39-40H,7-18H2/t23?,27-,33-,35?/m1/s1. The van der Waals surface area contributed by atoms with Crippen LogP contribution < -0.4 is 4.74 Å². The van der Waals surface area contributed by atoms with Crippen LogP contribution >= 0.6 is 45.2 Å². The van der Waals surface area contributed by atoms with Crippen LogP contribution in [0.3, 0.4) is 0 Å². The summed E-state index contributed by atoms with van der Waals surface area (Å²) in [6, 6.07) is 10.3. The summed E-state index contributed by atoms with van der Waals surface area (Å²) in [5.41, 5.74) is 5.80. The number of fused-ring (bicyclic) bond motifs is 2. The van der Waals surface area contributed by atoms with Crippen molar-refractivity contribution in [3.05, 3.63) is 101 Å². The molecule has 1 heterocycles. The summed E-state index contributed by atoms with van der Waals surface area (Å²) in [6.07, 6.45) is 12.2. The van der Waals surface area contributed by atoms with Gasteiger partial charge >= 0.3 is 0 Å². The monoisotopic (exact) mass is 838 g/mol. The first-order chi connectivity index (χ1) is 22.0. The van der Waals surface area contributed by atoms with Crippen LogP contribution in [0, 0.1) is 15.4 Å². The quantitative estimate of drug-likeness (QED) is 0.304. The van der Waals surface area contributed by atoms with E-state index in [-0.39, 0.29) is 17.9 Å². The van der Waals surface area contributed by atoms with E-state index >= 15 is 0 Å². The van der Waals surface area contributed by atoms with Gasteiger partial charge in [-0.15, -0.1) is 0 Å². The van der Waals surface area contributed by atoms with E-state index in [9.17, 15) is 10.2 Å². The Bertz CT molecular complexity index is 1480. The largest absolute Gasteiger partial charge is 0.507 e. The molecule has 2 aromatic rings. The number of para-hydroxylation sites is 1. The van der Waals surface area contributed by atoms with E-state index in [4.69, 9.17) is 23.7 Å². The van der Waals surface area contributed by atoms with E-state index in [1.54, 1.807) is 0 Å². The van der Waals surface area contributed by atoms with Crippen LogP contribution in [0.15, 0.2) is 75.4 Å². The van der Waals surface area contributed by atoms with E-state index in [1.807, 2.05) is 6.07 Å². The number of benzene rings is 2. The summed E-state index contributed by atoms with van der Waals surface area (Å²) in [4.78, 5) is 0. The Labute approximate surface area is 292 Å². The average Bonchev–Trinajstić information content (AvgIpc) is 3.01. The molecule has 0 aromatic heterocycles. The highest BCUT2D eigenvalue weighted by atomic mass is 127. The van der Waals surface area contributed by atoms with Crippen LogP contribution in [0.25, 0.3) is 0 Å². The van der Waals surface area contributed by atoms with Crippen LogP contribution in [-0.4, -0.2) is 75.3 Å². The minimum absolute atomic E-state index is 0.0465. The maximum absolute atomic E-state index is 11.8. The highest BCUT2D eigenvalue weighted by molar-refractivity contribution is 14.1. The van der Waals surface area contributed by atoms with Crippen LogP contribution in [0.1, 0.15) is 28.7 Å². The Morgan fingerprint density at radius 2 is 1.38 bits per heavy atom. The second-order valence-corrected chi connectivity index (χ2v) is 14.4. The van der Waals surface area contributed by atoms with Gasteiger partial charge in [-0.05, 0) is 116 Å². The van der Waals surface area contributed by atoms with E-state index in [0.29, 0.717) is 77.9 Å². The fourth-order valence-corrected chi connectivity index (χ4v) is 8.26. The molecule has 10 bridgehead atoms. The lowest BCUT2D eigenvalue weighted by atomic mass is 9.77. The molecule has 2 unspecified atom stereocenters. The number of phenolic OH excluding ortho intramolecular Hbond substituents is 1. The molecule has 3 aliphatic carbocycles. The van der Waals surface area contributed by atoms with Gasteiger partial charge in [-0.25, -0.2) is 0 Å². The van der Waals surface area contributed by atoms with Gasteiger partial charge in [0.15, 0.2) is 0 Å². The van der Waals surface area contributed by atoms with Gasteiger partial charge in [-0.3, -0.25) is 0 Å². The predicted octanol–water partition coefficient (Wildman–Crippen LogP) is 6.25. The summed E-state index contributed by atoms with van der Waals surface area (Å²) in [5.74, 6) is 1.07. The third-order valence-electron chi connectivity index (χ3n) is 8.77. The smallest absolute Gasteiger partial charge is 0.126 e. The van der Waals surface area contributed by atoms with Gasteiger partial charge in [-0.1, -0.05) is 42.5 Å². The Balaban J connectivity index is 1.46. The molecule has 45 heavy (non-hydrogen) atoms. The third-order valence-corrected chi connectivity index (χ3v) is 10.1. The summed E-state index contributed by atoms with van der Waals surface area (Å²) in [7, 11) is 0.